The Balaban J connectivity index is 2.17. The third kappa shape index (κ3) is 3.51. The maximum atomic E-state index is 5.88. The first-order valence-electron chi connectivity index (χ1n) is 6.85. The summed E-state index contributed by atoms with van der Waals surface area (Å²) in [5.41, 5.74) is 3.44. The highest BCUT2D eigenvalue weighted by molar-refractivity contribution is 6.17. The molecule has 0 radical (unpaired) electrons. The number of rotatable bonds is 8. The largest absolute Gasteiger partial charge is 0.382 e. The van der Waals surface area contributed by atoms with Crippen molar-refractivity contribution in [3.05, 3.63) is 29.6 Å². The van der Waals surface area contributed by atoms with Crippen LogP contribution in [0.4, 0.5) is 0 Å². The molecule has 0 atom stereocenters. The zero-order chi connectivity index (χ0) is 14.4. The zero-order valence-corrected chi connectivity index (χ0v) is 12.8. The fourth-order valence-corrected chi connectivity index (χ4v) is 2.50. The summed E-state index contributed by atoms with van der Waals surface area (Å²) in [5, 5.41) is 0. The number of imidazole rings is 1. The van der Waals surface area contributed by atoms with Gasteiger partial charge < -0.3 is 14.0 Å². The molecule has 1 aromatic carbocycles. The van der Waals surface area contributed by atoms with E-state index < -0.39 is 0 Å². The molecule has 1 heterocycles. The van der Waals surface area contributed by atoms with Gasteiger partial charge in [-0.1, -0.05) is 12.1 Å². The number of ether oxygens (including phenoxy) is 2. The average Bonchev–Trinajstić information content (AvgIpc) is 2.78. The Hall–Kier alpha value is -1.10. The van der Waals surface area contributed by atoms with E-state index in [1.54, 1.807) is 7.11 Å². The Labute approximate surface area is 124 Å². The van der Waals surface area contributed by atoms with Gasteiger partial charge in [0.25, 0.3) is 0 Å². The van der Waals surface area contributed by atoms with Gasteiger partial charge in [-0.25, -0.2) is 4.98 Å². The van der Waals surface area contributed by atoms with Crippen molar-refractivity contribution >= 4 is 22.6 Å². The van der Waals surface area contributed by atoms with Crippen LogP contribution in [0.1, 0.15) is 11.4 Å². The number of fused-ring (bicyclic) bond motifs is 1. The molecular formula is C15H21ClN2O2. The fourth-order valence-electron chi connectivity index (χ4n) is 2.33. The van der Waals surface area contributed by atoms with E-state index in [0.29, 0.717) is 25.7 Å². The summed E-state index contributed by atoms with van der Waals surface area (Å²) in [4.78, 5) is 4.68. The molecule has 110 valence electrons. The second-order valence-corrected chi connectivity index (χ2v) is 5.04. The lowest BCUT2D eigenvalue weighted by Gasteiger charge is -2.10. The molecule has 4 nitrogen and oxygen atoms in total. The number of aryl methyl sites for hydroxylation is 2. The van der Waals surface area contributed by atoms with Crippen LogP contribution in [0, 0.1) is 6.92 Å². The van der Waals surface area contributed by atoms with E-state index in [0.717, 1.165) is 24.3 Å². The van der Waals surface area contributed by atoms with Crippen LogP contribution < -0.4 is 0 Å². The third-order valence-corrected chi connectivity index (χ3v) is 3.45. The summed E-state index contributed by atoms with van der Waals surface area (Å²) >= 11 is 5.88. The Bertz CT molecular complexity index is 554. The molecule has 0 aliphatic carbocycles. The van der Waals surface area contributed by atoms with Crippen LogP contribution in [-0.4, -0.2) is 42.4 Å². The second kappa shape index (κ2) is 7.62. The lowest BCUT2D eigenvalue weighted by molar-refractivity contribution is 0.0667. The van der Waals surface area contributed by atoms with Gasteiger partial charge in [-0.15, -0.1) is 11.6 Å². The molecule has 0 saturated carbocycles. The van der Waals surface area contributed by atoms with Gasteiger partial charge in [-0.05, 0) is 18.6 Å². The highest BCUT2D eigenvalue weighted by Gasteiger charge is 2.11. The first kappa shape index (κ1) is 15.3. The first-order valence-corrected chi connectivity index (χ1v) is 7.38. The first-order chi connectivity index (χ1) is 9.77. The van der Waals surface area contributed by atoms with Crippen LogP contribution in [0.5, 0.6) is 0 Å². The molecule has 0 saturated heterocycles. The quantitative estimate of drug-likeness (QED) is 0.555. The van der Waals surface area contributed by atoms with Crippen molar-refractivity contribution in [3.8, 4) is 0 Å². The van der Waals surface area contributed by atoms with E-state index in [2.05, 4.69) is 22.5 Å². The number of hydrogen-bond donors (Lipinski definition) is 0. The third-order valence-electron chi connectivity index (χ3n) is 3.26. The van der Waals surface area contributed by atoms with Crippen molar-refractivity contribution in [1.29, 1.82) is 0 Å². The van der Waals surface area contributed by atoms with E-state index in [1.807, 2.05) is 12.1 Å². The molecule has 1 aromatic heterocycles. The van der Waals surface area contributed by atoms with Gasteiger partial charge in [0.2, 0.25) is 0 Å². The molecule has 2 rings (SSSR count). The Morgan fingerprint density at radius 3 is 2.85 bits per heavy atom. The number of benzene rings is 1. The minimum absolute atomic E-state index is 0.576. The number of nitrogens with zero attached hydrogens (tertiary/aromatic N) is 2. The van der Waals surface area contributed by atoms with Crippen molar-refractivity contribution in [2.45, 2.75) is 19.9 Å². The van der Waals surface area contributed by atoms with Gasteiger partial charge in [0.15, 0.2) is 0 Å². The Morgan fingerprint density at radius 2 is 2.10 bits per heavy atom. The van der Waals surface area contributed by atoms with Crippen LogP contribution in [-0.2, 0) is 22.4 Å². The highest BCUT2D eigenvalue weighted by Crippen LogP contribution is 2.20. The van der Waals surface area contributed by atoms with E-state index >= 15 is 0 Å². The minimum Gasteiger partial charge on any atom is -0.382 e. The number of hydrogen-bond acceptors (Lipinski definition) is 3. The van der Waals surface area contributed by atoms with Crippen molar-refractivity contribution in [3.63, 3.8) is 0 Å². The van der Waals surface area contributed by atoms with Gasteiger partial charge in [-0.3, -0.25) is 0 Å². The number of halogens is 1. The van der Waals surface area contributed by atoms with Crippen LogP contribution in [0.3, 0.4) is 0 Å². The van der Waals surface area contributed by atoms with Crippen molar-refractivity contribution < 1.29 is 9.47 Å². The van der Waals surface area contributed by atoms with Gasteiger partial charge in [0, 0.05) is 26.0 Å². The molecule has 0 unspecified atom stereocenters. The van der Waals surface area contributed by atoms with E-state index in [4.69, 9.17) is 21.1 Å². The predicted molar refractivity (Wildman–Crippen MR) is 81.6 cm³/mol. The molecule has 0 fully saturated rings. The van der Waals surface area contributed by atoms with Crippen LogP contribution in [0.25, 0.3) is 11.0 Å². The normalized spacial score (nSPS) is 11.3. The monoisotopic (exact) mass is 296 g/mol. The average molecular weight is 297 g/mol. The zero-order valence-electron chi connectivity index (χ0n) is 12.1. The summed E-state index contributed by atoms with van der Waals surface area (Å²) < 4.78 is 12.8. The smallest absolute Gasteiger partial charge is 0.111 e. The molecule has 0 bridgehead atoms. The molecule has 0 N–H and O–H groups in total. The Morgan fingerprint density at radius 1 is 1.25 bits per heavy atom. The van der Waals surface area contributed by atoms with Gasteiger partial charge >= 0.3 is 0 Å². The van der Waals surface area contributed by atoms with E-state index in [9.17, 15) is 0 Å². The summed E-state index contributed by atoms with van der Waals surface area (Å²) in [5.74, 6) is 1.60. The van der Waals surface area contributed by atoms with Gasteiger partial charge in [0.1, 0.15) is 5.82 Å². The number of para-hydroxylation sites is 1. The Kier molecular flexibility index (Phi) is 5.83. The minimum atomic E-state index is 0.576. The molecule has 0 amide bonds. The molecule has 2 aromatic rings. The number of methoxy groups -OCH3 is 1. The predicted octanol–water partition coefficient (Wildman–Crippen LogP) is 2.79. The van der Waals surface area contributed by atoms with Crippen LogP contribution in [0.2, 0.25) is 0 Å². The standard InChI is InChI=1S/C15H21ClN2O2/c1-12-4-3-5-13-15(12)18(14(17-13)6-7-16)8-9-20-11-10-19-2/h3-5H,6-11H2,1-2H3. The maximum absolute atomic E-state index is 5.88. The topological polar surface area (TPSA) is 36.3 Å². The molecule has 0 aliphatic heterocycles. The summed E-state index contributed by atoms with van der Waals surface area (Å²) in [7, 11) is 1.68. The SMILES string of the molecule is COCCOCCn1c(CCCl)nc2cccc(C)c21. The summed E-state index contributed by atoms with van der Waals surface area (Å²) in [6.07, 6.45) is 0.772. The highest BCUT2D eigenvalue weighted by atomic mass is 35.5. The molecular weight excluding hydrogens is 276 g/mol. The molecule has 0 spiro atoms. The molecule has 0 aliphatic rings. The summed E-state index contributed by atoms with van der Waals surface area (Å²) in [6, 6.07) is 6.19. The maximum Gasteiger partial charge on any atom is 0.111 e. The lowest BCUT2D eigenvalue weighted by atomic mass is 10.2. The van der Waals surface area contributed by atoms with Crippen LogP contribution >= 0.6 is 11.6 Å². The van der Waals surface area contributed by atoms with Crippen molar-refractivity contribution in [2.24, 2.45) is 0 Å². The molecule has 5 heteroatoms. The second-order valence-electron chi connectivity index (χ2n) is 4.67. The lowest BCUT2D eigenvalue weighted by Crippen LogP contribution is -2.12. The van der Waals surface area contributed by atoms with Crippen molar-refractivity contribution in [2.75, 3.05) is 32.8 Å². The van der Waals surface area contributed by atoms with Gasteiger partial charge in [0.05, 0.1) is 30.9 Å². The number of aromatic nitrogens is 2. The summed E-state index contributed by atoms with van der Waals surface area (Å²) in [6.45, 7) is 4.79. The fraction of sp³-hybridized carbons (Fsp3) is 0.533. The van der Waals surface area contributed by atoms with E-state index in [-0.39, 0.29) is 0 Å². The van der Waals surface area contributed by atoms with Gasteiger partial charge in [-0.2, -0.15) is 0 Å². The van der Waals surface area contributed by atoms with E-state index in [1.165, 1.54) is 11.1 Å². The molecule has 20 heavy (non-hydrogen) atoms. The van der Waals surface area contributed by atoms with Crippen LogP contribution in [0.15, 0.2) is 18.2 Å². The number of alkyl halides is 1. The van der Waals surface area contributed by atoms with Crippen molar-refractivity contribution in [1.82, 2.24) is 9.55 Å².